The number of piperidine rings is 1. The van der Waals surface area contributed by atoms with Gasteiger partial charge in [0, 0.05) is 43.5 Å². The molecule has 0 aliphatic carbocycles. The molecule has 1 atom stereocenters. The number of hydrogen-bond donors (Lipinski definition) is 1. The lowest BCUT2D eigenvalue weighted by Gasteiger charge is -2.32. The van der Waals surface area contributed by atoms with Gasteiger partial charge in [0.2, 0.25) is 11.9 Å². The van der Waals surface area contributed by atoms with Gasteiger partial charge in [-0.25, -0.2) is 9.97 Å². The van der Waals surface area contributed by atoms with Crippen molar-refractivity contribution in [1.29, 1.82) is 0 Å². The molecule has 0 saturated carbocycles. The zero-order chi connectivity index (χ0) is 19.9. The number of rotatable bonds is 6. The Bertz CT molecular complexity index is 614. The zero-order valence-electron chi connectivity index (χ0n) is 17.9. The molecule has 0 spiro atoms. The van der Waals surface area contributed by atoms with Gasteiger partial charge in [-0.15, -0.1) is 0 Å². The van der Waals surface area contributed by atoms with E-state index in [1.807, 2.05) is 19.9 Å². The second-order valence-electron chi connectivity index (χ2n) is 8.69. The largest absolute Gasteiger partial charge is 0.355 e. The van der Waals surface area contributed by atoms with Crippen LogP contribution in [0.1, 0.15) is 63.3 Å². The molecule has 2 aliphatic heterocycles. The SMILES string of the molecule is Cc1cc(C)nc(N2CCC(CC(=O)NCC(C)N3CCCCCC3)CC2)n1. The summed E-state index contributed by atoms with van der Waals surface area (Å²) in [4.78, 5) is 26.4. The molecule has 3 rings (SSSR count). The third-order valence-electron chi connectivity index (χ3n) is 6.20. The number of amides is 1. The second-order valence-corrected chi connectivity index (χ2v) is 8.69. The monoisotopic (exact) mass is 387 g/mol. The lowest BCUT2D eigenvalue weighted by Crippen LogP contribution is -2.43. The van der Waals surface area contributed by atoms with Gasteiger partial charge in [0.15, 0.2) is 0 Å². The number of likely N-dealkylation sites (tertiary alicyclic amines) is 1. The first-order valence-electron chi connectivity index (χ1n) is 11.1. The topological polar surface area (TPSA) is 61.4 Å². The highest BCUT2D eigenvalue weighted by molar-refractivity contribution is 5.76. The molecule has 1 aromatic heterocycles. The molecule has 156 valence electrons. The van der Waals surface area contributed by atoms with Gasteiger partial charge in [-0.3, -0.25) is 9.69 Å². The number of anilines is 1. The molecule has 1 aromatic rings. The summed E-state index contributed by atoms with van der Waals surface area (Å²) in [5.41, 5.74) is 2.03. The van der Waals surface area contributed by atoms with E-state index in [1.165, 1.54) is 38.8 Å². The van der Waals surface area contributed by atoms with Crippen molar-refractivity contribution < 1.29 is 4.79 Å². The number of hydrogen-bond acceptors (Lipinski definition) is 5. The number of aryl methyl sites for hydroxylation is 2. The molecule has 1 N–H and O–H groups in total. The normalized spacial score (nSPS) is 20.6. The standard InChI is InChI=1S/C22H37N5O/c1-17-14-18(2)25-22(24-17)27-12-8-20(9-13-27)15-21(28)23-16-19(3)26-10-6-4-5-7-11-26/h14,19-20H,4-13,15-16H2,1-3H3,(H,23,28). The summed E-state index contributed by atoms with van der Waals surface area (Å²) in [6.07, 6.45) is 8.00. The van der Waals surface area contributed by atoms with Crippen molar-refractivity contribution in [2.45, 2.75) is 71.8 Å². The summed E-state index contributed by atoms with van der Waals surface area (Å²) in [5.74, 6) is 1.52. The molecule has 6 nitrogen and oxygen atoms in total. The van der Waals surface area contributed by atoms with Crippen LogP contribution < -0.4 is 10.2 Å². The van der Waals surface area contributed by atoms with Gasteiger partial charge in [-0.2, -0.15) is 0 Å². The van der Waals surface area contributed by atoms with Crippen LogP contribution in [0.4, 0.5) is 5.95 Å². The van der Waals surface area contributed by atoms with Crippen molar-refractivity contribution in [3.8, 4) is 0 Å². The molecule has 2 saturated heterocycles. The average molecular weight is 388 g/mol. The predicted molar refractivity (Wildman–Crippen MR) is 114 cm³/mol. The number of carbonyl (C=O) groups is 1. The highest BCUT2D eigenvalue weighted by atomic mass is 16.1. The molecule has 0 radical (unpaired) electrons. The maximum atomic E-state index is 12.4. The van der Waals surface area contributed by atoms with Crippen molar-refractivity contribution in [3.63, 3.8) is 0 Å². The van der Waals surface area contributed by atoms with E-state index in [-0.39, 0.29) is 5.91 Å². The number of nitrogens with zero attached hydrogens (tertiary/aromatic N) is 4. The molecule has 28 heavy (non-hydrogen) atoms. The Labute approximate surface area is 170 Å². The summed E-state index contributed by atoms with van der Waals surface area (Å²) in [5, 5.41) is 3.19. The lowest BCUT2D eigenvalue weighted by atomic mass is 9.93. The molecule has 3 heterocycles. The Morgan fingerprint density at radius 1 is 1.07 bits per heavy atom. The van der Waals surface area contributed by atoms with Crippen molar-refractivity contribution >= 4 is 11.9 Å². The molecular formula is C22H37N5O. The average Bonchev–Trinajstić information content (AvgIpc) is 2.95. The van der Waals surface area contributed by atoms with Crippen LogP contribution in [-0.2, 0) is 4.79 Å². The van der Waals surface area contributed by atoms with Crippen LogP contribution in [0.25, 0.3) is 0 Å². The fourth-order valence-electron chi connectivity index (χ4n) is 4.45. The molecule has 1 unspecified atom stereocenters. The first-order chi connectivity index (χ1) is 13.5. The van der Waals surface area contributed by atoms with Crippen LogP contribution >= 0.6 is 0 Å². The Balaban J connectivity index is 1.38. The molecule has 2 fully saturated rings. The van der Waals surface area contributed by atoms with E-state index in [9.17, 15) is 4.79 Å². The van der Waals surface area contributed by atoms with Gasteiger partial charge in [0.25, 0.3) is 0 Å². The first kappa shape index (κ1) is 21.0. The fourth-order valence-corrected chi connectivity index (χ4v) is 4.45. The van der Waals surface area contributed by atoms with Gasteiger partial charge in [0.1, 0.15) is 0 Å². The molecule has 0 bridgehead atoms. The summed E-state index contributed by atoms with van der Waals surface area (Å²) in [6, 6.07) is 2.44. The Hall–Kier alpha value is -1.69. The van der Waals surface area contributed by atoms with Crippen LogP contribution in [0.3, 0.4) is 0 Å². The lowest BCUT2D eigenvalue weighted by molar-refractivity contribution is -0.122. The van der Waals surface area contributed by atoms with Crippen LogP contribution in [0.5, 0.6) is 0 Å². The van der Waals surface area contributed by atoms with Crippen LogP contribution in [0.15, 0.2) is 6.07 Å². The third kappa shape index (κ3) is 6.16. The minimum absolute atomic E-state index is 0.211. The van der Waals surface area contributed by atoms with Crippen molar-refractivity contribution in [1.82, 2.24) is 20.2 Å². The predicted octanol–water partition coefficient (Wildman–Crippen LogP) is 3.08. The summed E-state index contributed by atoms with van der Waals surface area (Å²) in [7, 11) is 0. The van der Waals surface area contributed by atoms with Crippen LogP contribution in [0.2, 0.25) is 0 Å². The number of nitrogens with one attached hydrogen (secondary N) is 1. The fraction of sp³-hybridized carbons (Fsp3) is 0.773. The van der Waals surface area contributed by atoms with Crippen molar-refractivity contribution in [2.24, 2.45) is 5.92 Å². The van der Waals surface area contributed by atoms with Gasteiger partial charge < -0.3 is 10.2 Å². The maximum absolute atomic E-state index is 12.4. The maximum Gasteiger partial charge on any atom is 0.225 e. The van der Waals surface area contributed by atoms with Gasteiger partial charge in [0.05, 0.1) is 0 Å². The molecule has 2 aliphatic rings. The van der Waals surface area contributed by atoms with Crippen molar-refractivity contribution in [3.05, 3.63) is 17.5 Å². The quantitative estimate of drug-likeness (QED) is 0.813. The van der Waals surface area contributed by atoms with Gasteiger partial charge >= 0.3 is 0 Å². The van der Waals surface area contributed by atoms with E-state index >= 15 is 0 Å². The Morgan fingerprint density at radius 3 is 2.29 bits per heavy atom. The number of carbonyl (C=O) groups excluding carboxylic acids is 1. The molecule has 0 aromatic carbocycles. The highest BCUT2D eigenvalue weighted by Crippen LogP contribution is 2.23. The van der Waals surface area contributed by atoms with E-state index in [0.29, 0.717) is 18.4 Å². The first-order valence-corrected chi connectivity index (χ1v) is 11.1. The minimum atomic E-state index is 0.211. The van der Waals surface area contributed by atoms with E-state index in [4.69, 9.17) is 0 Å². The summed E-state index contributed by atoms with van der Waals surface area (Å²) < 4.78 is 0. The highest BCUT2D eigenvalue weighted by Gasteiger charge is 2.24. The van der Waals surface area contributed by atoms with E-state index in [1.54, 1.807) is 0 Å². The zero-order valence-corrected chi connectivity index (χ0v) is 17.9. The minimum Gasteiger partial charge on any atom is -0.355 e. The van der Waals surface area contributed by atoms with E-state index in [2.05, 4.69) is 32.0 Å². The smallest absolute Gasteiger partial charge is 0.225 e. The summed E-state index contributed by atoms with van der Waals surface area (Å²) >= 11 is 0. The van der Waals surface area contributed by atoms with Crippen molar-refractivity contribution in [2.75, 3.05) is 37.6 Å². The second kappa shape index (κ2) is 10.2. The van der Waals surface area contributed by atoms with Crippen LogP contribution in [0, 0.1) is 19.8 Å². The van der Waals surface area contributed by atoms with E-state index < -0.39 is 0 Å². The third-order valence-corrected chi connectivity index (χ3v) is 6.20. The summed E-state index contributed by atoms with van der Waals surface area (Å²) in [6.45, 7) is 11.3. The molecular weight excluding hydrogens is 350 g/mol. The molecule has 6 heteroatoms. The van der Waals surface area contributed by atoms with E-state index in [0.717, 1.165) is 49.8 Å². The molecule has 1 amide bonds. The van der Waals surface area contributed by atoms with Gasteiger partial charge in [-0.05, 0) is 71.5 Å². The Morgan fingerprint density at radius 2 is 1.68 bits per heavy atom. The number of aromatic nitrogens is 2. The Kier molecular flexibility index (Phi) is 7.65. The van der Waals surface area contributed by atoms with Crippen LogP contribution in [-0.4, -0.2) is 59.5 Å². The van der Waals surface area contributed by atoms with Gasteiger partial charge in [-0.1, -0.05) is 12.8 Å².